The molecule has 0 aliphatic rings. The second kappa shape index (κ2) is 8.89. The first-order valence-electron chi connectivity index (χ1n) is 6.52. The van der Waals surface area contributed by atoms with Gasteiger partial charge in [-0.3, -0.25) is 4.55 Å². The van der Waals surface area contributed by atoms with Gasteiger partial charge in [0.15, 0.2) is 0 Å². The summed E-state index contributed by atoms with van der Waals surface area (Å²) in [5.41, 5.74) is 0. The van der Waals surface area contributed by atoms with Gasteiger partial charge in [-0.1, -0.05) is 45.4 Å². The zero-order chi connectivity index (χ0) is 13.3. The lowest BCUT2D eigenvalue weighted by Crippen LogP contribution is -2.24. The number of aliphatic hydroxyl groups is 1. The van der Waals surface area contributed by atoms with Crippen LogP contribution >= 0.6 is 0 Å². The third kappa shape index (κ3) is 9.56. The molecule has 2 N–H and O–H groups in total. The van der Waals surface area contributed by atoms with Gasteiger partial charge < -0.3 is 5.11 Å². The Kier molecular flexibility index (Phi) is 8.82. The third-order valence-corrected chi connectivity index (χ3v) is 4.18. The minimum Gasteiger partial charge on any atom is -0.393 e. The maximum absolute atomic E-state index is 11.1. The molecular formula is C12H26O4S. The molecule has 0 aromatic carbocycles. The fourth-order valence-corrected chi connectivity index (χ4v) is 2.91. The van der Waals surface area contributed by atoms with E-state index in [0.717, 1.165) is 19.3 Å². The van der Waals surface area contributed by atoms with E-state index in [0.29, 0.717) is 6.42 Å². The second-order valence-electron chi connectivity index (χ2n) is 4.78. The van der Waals surface area contributed by atoms with Crippen LogP contribution in [-0.2, 0) is 10.1 Å². The first kappa shape index (κ1) is 16.9. The van der Waals surface area contributed by atoms with Gasteiger partial charge >= 0.3 is 0 Å². The molecule has 0 rings (SSSR count). The van der Waals surface area contributed by atoms with Crippen molar-refractivity contribution < 1.29 is 18.1 Å². The summed E-state index contributed by atoms with van der Waals surface area (Å²) in [5.74, 6) is 0. The van der Waals surface area contributed by atoms with Gasteiger partial charge in [-0.2, -0.15) is 8.42 Å². The normalized spacial score (nSPS) is 15.8. The molecule has 0 radical (unpaired) electrons. The Morgan fingerprint density at radius 3 is 2.06 bits per heavy atom. The van der Waals surface area contributed by atoms with Gasteiger partial charge in [0, 0.05) is 0 Å². The molecule has 0 aliphatic heterocycles. The minimum absolute atomic E-state index is 0.119. The van der Waals surface area contributed by atoms with Crippen molar-refractivity contribution in [1.29, 1.82) is 0 Å². The van der Waals surface area contributed by atoms with Crippen molar-refractivity contribution in [1.82, 2.24) is 0 Å². The van der Waals surface area contributed by atoms with E-state index in [-0.39, 0.29) is 6.42 Å². The molecule has 0 aliphatic carbocycles. The molecule has 0 bridgehead atoms. The zero-order valence-electron chi connectivity index (χ0n) is 10.9. The van der Waals surface area contributed by atoms with E-state index in [1.807, 2.05) is 0 Å². The van der Waals surface area contributed by atoms with E-state index in [1.165, 1.54) is 19.3 Å². The van der Waals surface area contributed by atoms with Crippen LogP contribution in [-0.4, -0.2) is 29.4 Å². The van der Waals surface area contributed by atoms with E-state index in [9.17, 15) is 13.5 Å². The molecule has 0 saturated heterocycles. The van der Waals surface area contributed by atoms with Gasteiger partial charge in [-0.05, 0) is 19.8 Å². The molecule has 0 heterocycles. The first-order chi connectivity index (χ1) is 7.88. The lowest BCUT2D eigenvalue weighted by atomic mass is 10.1. The summed E-state index contributed by atoms with van der Waals surface area (Å²) in [4.78, 5) is 0. The lowest BCUT2D eigenvalue weighted by molar-refractivity contribution is 0.179. The number of rotatable bonds is 10. The summed E-state index contributed by atoms with van der Waals surface area (Å²) >= 11 is 0. The average Bonchev–Trinajstić information content (AvgIpc) is 2.19. The number of hydrogen-bond acceptors (Lipinski definition) is 3. The highest BCUT2D eigenvalue weighted by molar-refractivity contribution is 7.86. The molecule has 5 heteroatoms. The highest BCUT2D eigenvalue weighted by Crippen LogP contribution is 2.17. The molecule has 104 valence electrons. The Balaban J connectivity index is 3.86. The van der Waals surface area contributed by atoms with E-state index < -0.39 is 21.5 Å². The van der Waals surface area contributed by atoms with Crippen molar-refractivity contribution in [3.8, 4) is 0 Å². The minimum atomic E-state index is -4.02. The summed E-state index contributed by atoms with van der Waals surface area (Å²) in [7, 11) is -4.02. The highest BCUT2D eigenvalue weighted by atomic mass is 32.2. The summed E-state index contributed by atoms with van der Waals surface area (Å²) in [6.07, 6.45) is 6.35. The summed E-state index contributed by atoms with van der Waals surface area (Å²) < 4.78 is 31.2. The van der Waals surface area contributed by atoms with Gasteiger partial charge in [0.2, 0.25) is 0 Å². The van der Waals surface area contributed by atoms with Crippen LogP contribution < -0.4 is 0 Å². The molecular weight excluding hydrogens is 240 g/mol. The fraction of sp³-hybridized carbons (Fsp3) is 1.00. The average molecular weight is 266 g/mol. The first-order valence-corrected chi connectivity index (χ1v) is 8.02. The summed E-state index contributed by atoms with van der Waals surface area (Å²) in [6.45, 7) is 3.69. The maximum atomic E-state index is 11.1. The predicted octanol–water partition coefficient (Wildman–Crippen LogP) is 2.76. The zero-order valence-corrected chi connectivity index (χ0v) is 11.7. The van der Waals surface area contributed by atoms with Gasteiger partial charge in [0.25, 0.3) is 10.1 Å². The Hall–Kier alpha value is -0.130. The monoisotopic (exact) mass is 266 g/mol. The van der Waals surface area contributed by atoms with Crippen molar-refractivity contribution in [2.24, 2.45) is 0 Å². The summed E-state index contributed by atoms with van der Waals surface area (Å²) in [6, 6.07) is 0. The van der Waals surface area contributed by atoms with Crippen molar-refractivity contribution in [2.45, 2.75) is 76.6 Å². The Bertz CT molecular complexity index is 272. The van der Waals surface area contributed by atoms with E-state index in [4.69, 9.17) is 4.55 Å². The number of unbranched alkanes of at least 4 members (excludes halogenated alkanes) is 5. The van der Waals surface area contributed by atoms with E-state index in [2.05, 4.69) is 6.92 Å². The standard InChI is InChI=1S/C12H26O4S/c1-3-4-5-6-7-8-9-12(10-11(2)13)17(14,15)16/h11-13H,3-10H2,1-2H3,(H,14,15,16). The number of hydrogen-bond donors (Lipinski definition) is 2. The van der Waals surface area contributed by atoms with Crippen molar-refractivity contribution >= 4 is 10.1 Å². The van der Waals surface area contributed by atoms with Gasteiger partial charge in [-0.25, -0.2) is 0 Å². The van der Waals surface area contributed by atoms with Gasteiger partial charge in [0.1, 0.15) is 0 Å². The molecule has 2 unspecified atom stereocenters. The van der Waals surface area contributed by atoms with Crippen LogP contribution in [0.3, 0.4) is 0 Å². The quantitative estimate of drug-likeness (QED) is 0.471. The molecule has 0 saturated carbocycles. The molecule has 0 fully saturated rings. The second-order valence-corrected chi connectivity index (χ2v) is 6.47. The predicted molar refractivity (Wildman–Crippen MR) is 69.6 cm³/mol. The van der Waals surface area contributed by atoms with Gasteiger partial charge in [-0.15, -0.1) is 0 Å². The van der Waals surface area contributed by atoms with Crippen LogP contribution in [0, 0.1) is 0 Å². The molecule has 17 heavy (non-hydrogen) atoms. The Labute approximate surface area is 105 Å². The lowest BCUT2D eigenvalue weighted by Gasteiger charge is -2.15. The topological polar surface area (TPSA) is 74.6 Å². The molecule has 4 nitrogen and oxygen atoms in total. The molecule has 0 spiro atoms. The van der Waals surface area contributed by atoms with Crippen molar-refractivity contribution in [3.05, 3.63) is 0 Å². The maximum Gasteiger partial charge on any atom is 0.267 e. The van der Waals surface area contributed by atoms with Crippen LogP contribution in [0.25, 0.3) is 0 Å². The molecule has 2 atom stereocenters. The largest absolute Gasteiger partial charge is 0.393 e. The Morgan fingerprint density at radius 2 is 1.59 bits per heavy atom. The third-order valence-electron chi connectivity index (χ3n) is 2.90. The smallest absolute Gasteiger partial charge is 0.267 e. The van der Waals surface area contributed by atoms with Crippen LogP contribution in [0.5, 0.6) is 0 Å². The van der Waals surface area contributed by atoms with Crippen LogP contribution in [0.2, 0.25) is 0 Å². The molecule has 0 aromatic rings. The van der Waals surface area contributed by atoms with Crippen LogP contribution in [0.15, 0.2) is 0 Å². The summed E-state index contributed by atoms with van der Waals surface area (Å²) in [5, 5.41) is 8.37. The fourth-order valence-electron chi connectivity index (χ4n) is 1.92. The van der Waals surface area contributed by atoms with Crippen LogP contribution in [0.4, 0.5) is 0 Å². The SMILES string of the molecule is CCCCCCCCC(CC(C)O)S(=O)(=O)O. The van der Waals surface area contributed by atoms with Gasteiger partial charge in [0.05, 0.1) is 11.4 Å². The molecule has 0 aromatic heterocycles. The van der Waals surface area contributed by atoms with Crippen molar-refractivity contribution in [2.75, 3.05) is 0 Å². The molecule has 0 amide bonds. The number of aliphatic hydroxyl groups excluding tert-OH is 1. The van der Waals surface area contributed by atoms with E-state index >= 15 is 0 Å². The van der Waals surface area contributed by atoms with Crippen molar-refractivity contribution in [3.63, 3.8) is 0 Å². The highest BCUT2D eigenvalue weighted by Gasteiger charge is 2.23. The van der Waals surface area contributed by atoms with Crippen LogP contribution in [0.1, 0.15) is 65.2 Å². The Morgan fingerprint density at radius 1 is 1.06 bits per heavy atom. The van der Waals surface area contributed by atoms with E-state index in [1.54, 1.807) is 6.92 Å².